The summed E-state index contributed by atoms with van der Waals surface area (Å²) in [6.07, 6.45) is 0.119. The summed E-state index contributed by atoms with van der Waals surface area (Å²) >= 11 is 1.26. The molecule has 0 fully saturated rings. The molecule has 0 atom stereocenters. The van der Waals surface area contributed by atoms with Crippen LogP contribution in [0.4, 0.5) is 0 Å². The molecule has 3 rings (SSSR count). The van der Waals surface area contributed by atoms with E-state index in [-0.39, 0.29) is 25.5 Å². The molecule has 9 heteroatoms. The Kier molecular flexibility index (Phi) is 7.88. The standard InChI is InChI=1S/C23H26N2O6S/c1-5-30-16-9-7-15(8-10-16)13-19(26)24-23-25(14-20(27)31-6-2)21-17(28-3)11-12-18(29-4)22(21)32-23/h7-12H,5-6,13-14H2,1-4H3. The number of methoxy groups -OCH3 is 2. The van der Waals surface area contributed by atoms with Crippen LogP contribution in [0.3, 0.4) is 0 Å². The maximum absolute atomic E-state index is 12.8. The van der Waals surface area contributed by atoms with Crippen LogP contribution < -0.4 is 19.0 Å². The fraction of sp³-hybridized carbons (Fsp3) is 0.348. The third-order valence-electron chi connectivity index (χ3n) is 4.59. The van der Waals surface area contributed by atoms with Gasteiger partial charge in [-0.3, -0.25) is 9.59 Å². The molecule has 0 saturated carbocycles. The maximum Gasteiger partial charge on any atom is 0.326 e. The molecule has 3 aromatic rings. The molecule has 32 heavy (non-hydrogen) atoms. The molecule has 2 aromatic carbocycles. The number of carbonyl (C=O) groups is 2. The van der Waals surface area contributed by atoms with Gasteiger partial charge in [-0.25, -0.2) is 0 Å². The van der Waals surface area contributed by atoms with Crippen LogP contribution in [0.1, 0.15) is 19.4 Å². The number of amides is 1. The number of esters is 1. The van der Waals surface area contributed by atoms with Gasteiger partial charge in [0.15, 0.2) is 4.80 Å². The Morgan fingerprint density at radius 3 is 2.28 bits per heavy atom. The fourth-order valence-corrected chi connectivity index (χ4v) is 4.37. The molecule has 0 saturated heterocycles. The molecule has 1 heterocycles. The molecule has 0 radical (unpaired) electrons. The summed E-state index contributed by atoms with van der Waals surface area (Å²) in [5.41, 5.74) is 1.44. The van der Waals surface area contributed by atoms with E-state index in [1.54, 1.807) is 37.8 Å². The van der Waals surface area contributed by atoms with Crippen molar-refractivity contribution in [3.8, 4) is 17.2 Å². The third kappa shape index (κ3) is 5.28. The first-order chi connectivity index (χ1) is 15.5. The van der Waals surface area contributed by atoms with Gasteiger partial charge in [0, 0.05) is 0 Å². The van der Waals surface area contributed by atoms with Gasteiger partial charge in [0.1, 0.15) is 34.0 Å². The highest BCUT2D eigenvalue weighted by atomic mass is 32.1. The lowest BCUT2D eigenvalue weighted by molar-refractivity contribution is -0.143. The molecule has 0 aliphatic rings. The summed E-state index contributed by atoms with van der Waals surface area (Å²) in [4.78, 5) is 29.7. The zero-order chi connectivity index (χ0) is 23.1. The van der Waals surface area contributed by atoms with E-state index in [4.69, 9.17) is 18.9 Å². The number of hydrogen-bond acceptors (Lipinski definition) is 7. The molecule has 170 valence electrons. The second-order valence-electron chi connectivity index (χ2n) is 6.68. The van der Waals surface area contributed by atoms with Gasteiger partial charge in [-0.05, 0) is 43.7 Å². The number of carbonyl (C=O) groups excluding carboxylic acids is 2. The molecule has 1 amide bonds. The second kappa shape index (κ2) is 10.8. The maximum atomic E-state index is 12.8. The van der Waals surface area contributed by atoms with Crippen molar-refractivity contribution in [2.45, 2.75) is 26.8 Å². The minimum Gasteiger partial charge on any atom is -0.495 e. The molecule has 0 bridgehead atoms. The number of hydrogen-bond donors (Lipinski definition) is 0. The van der Waals surface area contributed by atoms with Gasteiger partial charge in [-0.15, -0.1) is 0 Å². The molecule has 0 aliphatic heterocycles. The number of benzene rings is 2. The SMILES string of the molecule is CCOC(=O)Cn1c(=NC(=O)Cc2ccc(OCC)cc2)sc2c(OC)ccc(OC)c21. The number of rotatable bonds is 9. The third-order valence-corrected chi connectivity index (χ3v) is 5.69. The van der Waals surface area contributed by atoms with Gasteiger partial charge >= 0.3 is 5.97 Å². The van der Waals surface area contributed by atoms with Crippen molar-refractivity contribution in [3.63, 3.8) is 0 Å². The lowest BCUT2D eigenvalue weighted by atomic mass is 10.1. The van der Waals surface area contributed by atoms with Gasteiger partial charge in [0.2, 0.25) is 0 Å². The van der Waals surface area contributed by atoms with E-state index in [0.29, 0.717) is 28.4 Å². The predicted octanol–water partition coefficient (Wildman–Crippen LogP) is 3.35. The van der Waals surface area contributed by atoms with Crippen molar-refractivity contribution < 1.29 is 28.5 Å². The Labute approximate surface area is 190 Å². The topological polar surface area (TPSA) is 88.4 Å². The second-order valence-corrected chi connectivity index (χ2v) is 7.66. The first-order valence-corrected chi connectivity index (χ1v) is 11.0. The van der Waals surface area contributed by atoms with E-state index in [1.807, 2.05) is 31.2 Å². The average molecular weight is 459 g/mol. The lowest BCUT2D eigenvalue weighted by Crippen LogP contribution is -2.23. The average Bonchev–Trinajstić information content (AvgIpc) is 3.12. The molecular formula is C23H26N2O6S. The van der Waals surface area contributed by atoms with Crippen LogP contribution in [0.2, 0.25) is 0 Å². The highest BCUT2D eigenvalue weighted by molar-refractivity contribution is 7.16. The minimum atomic E-state index is -0.433. The van der Waals surface area contributed by atoms with Crippen molar-refractivity contribution >= 4 is 33.4 Å². The van der Waals surface area contributed by atoms with Crippen LogP contribution in [-0.4, -0.2) is 43.9 Å². The Balaban J connectivity index is 2.03. The Hall–Kier alpha value is -3.33. The Morgan fingerprint density at radius 2 is 1.66 bits per heavy atom. The van der Waals surface area contributed by atoms with Crippen molar-refractivity contribution in [2.75, 3.05) is 27.4 Å². The highest BCUT2D eigenvalue weighted by Gasteiger charge is 2.19. The van der Waals surface area contributed by atoms with E-state index in [2.05, 4.69) is 4.99 Å². The summed E-state index contributed by atoms with van der Waals surface area (Å²) in [6, 6.07) is 10.8. The number of fused-ring (bicyclic) bond motifs is 1. The smallest absolute Gasteiger partial charge is 0.326 e. The van der Waals surface area contributed by atoms with Gasteiger partial charge in [-0.2, -0.15) is 4.99 Å². The molecule has 8 nitrogen and oxygen atoms in total. The number of ether oxygens (including phenoxy) is 4. The van der Waals surface area contributed by atoms with Crippen molar-refractivity contribution in [2.24, 2.45) is 4.99 Å². The van der Waals surface area contributed by atoms with Gasteiger partial charge in [0.05, 0.1) is 33.9 Å². The van der Waals surface area contributed by atoms with E-state index in [9.17, 15) is 9.59 Å². The van der Waals surface area contributed by atoms with Crippen LogP contribution in [0.25, 0.3) is 10.2 Å². The van der Waals surface area contributed by atoms with E-state index in [1.165, 1.54) is 11.3 Å². The summed E-state index contributed by atoms with van der Waals surface area (Å²) < 4.78 is 23.9. The molecule has 0 spiro atoms. The van der Waals surface area contributed by atoms with Crippen LogP contribution in [0.15, 0.2) is 41.4 Å². The largest absolute Gasteiger partial charge is 0.495 e. The monoisotopic (exact) mass is 458 g/mol. The molecule has 1 aromatic heterocycles. The molecule has 0 N–H and O–H groups in total. The normalized spacial score (nSPS) is 11.4. The number of thiazole rings is 1. The summed E-state index contributed by atoms with van der Waals surface area (Å²) in [5.74, 6) is 1.12. The molecule has 0 aliphatic carbocycles. The van der Waals surface area contributed by atoms with Crippen LogP contribution >= 0.6 is 11.3 Å². The van der Waals surface area contributed by atoms with Gasteiger partial charge in [0.25, 0.3) is 5.91 Å². The van der Waals surface area contributed by atoms with Crippen LogP contribution in [0, 0.1) is 0 Å². The van der Waals surface area contributed by atoms with Crippen molar-refractivity contribution in [3.05, 3.63) is 46.8 Å². The van der Waals surface area contributed by atoms with E-state index < -0.39 is 5.97 Å². The Bertz CT molecular complexity index is 1160. The lowest BCUT2D eigenvalue weighted by Gasteiger charge is -2.10. The van der Waals surface area contributed by atoms with Gasteiger partial charge < -0.3 is 23.5 Å². The van der Waals surface area contributed by atoms with E-state index in [0.717, 1.165) is 16.0 Å². The first kappa shape index (κ1) is 23.3. The first-order valence-electron chi connectivity index (χ1n) is 10.2. The molecule has 0 unspecified atom stereocenters. The highest BCUT2D eigenvalue weighted by Crippen LogP contribution is 2.35. The summed E-state index contributed by atoms with van der Waals surface area (Å²) in [5, 5.41) is 0. The number of aromatic nitrogens is 1. The summed E-state index contributed by atoms with van der Waals surface area (Å²) in [6.45, 7) is 4.38. The minimum absolute atomic E-state index is 0.105. The van der Waals surface area contributed by atoms with Gasteiger partial charge in [-0.1, -0.05) is 23.5 Å². The zero-order valence-corrected chi connectivity index (χ0v) is 19.4. The Morgan fingerprint density at radius 1 is 0.969 bits per heavy atom. The van der Waals surface area contributed by atoms with Crippen LogP contribution in [-0.2, 0) is 27.3 Å². The molecular weight excluding hydrogens is 432 g/mol. The van der Waals surface area contributed by atoms with Crippen molar-refractivity contribution in [1.29, 1.82) is 0 Å². The fourth-order valence-electron chi connectivity index (χ4n) is 3.21. The van der Waals surface area contributed by atoms with Crippen molar-refractivity contribution in [1.82, 2.24) is 4.57 Å². The summed E-state index contributed by atoms with van der Waals surface area (Å²) in [7, 11) is 3.10. The van der Waals surface area contributed by atoms with Crippen LogP contribution in [0.5, 0.6) is 17.2 Å². The number of nitrogens with zero attached hydrogens (tertiary/aromatic N) is 2. The van der Waals surface area contributed by atoms with E-state index >= 15 is 0 Å². The zero-order valence-electron chi connectivity index (χ0n) is 18.5. The quantitative estimate of drug-likeness (QED) is 0.457. The predicted molar refractivity (Wildman–Crippen MR) is 121 cm³/mol.